The summed E-state index contributed by atoms with van der Waals surface area (Å²) in [7, 11) is 0. The zero-order chi connectivity index (χ0) is 15.4. The van der Waals surface area contributed by atoms with Crippen LogP contribution in [0.2, 0.25) is 0 Å². The first-order valence-corrected chi connectivity index (χ1v) is 6.88. The topological polar surface area (TPSA) is 66.6 Å². The number of benzene rings is 2. The van der Waals surface area contributed by atoms with Gasteiger partial charge in [-0.25, -0.2) is 5.43 Å². The molecule has 0 saturated heterocycles. The van der Waals surface area contributed by atoms with Crippen LogP contribution in [0.4, 0.5) is 0 Å². The Hall–Kier alpha value is -3.08. The molecule has 2 N–H and O–H groups in total. The molecule has 5 nitrogen and oxygen atoms in total. The van der Waals surface area contributed by atoms with Gasteiger partial charge in [0.05, 0.1) is 6.21 Å². The summed E-state index contributed by atoms with van der Waals surface area (Å²) in [6, 6.07) is 16.6. The monoisotopic (exact) mass is 293 g/mol. The molecule has 0 radical (unpaired) electrons. The van der Waals surface area contributed by atoms with Crippen LogP contribution in [0.1, 0.15) is 5.56 Å². The van der Waals surface area contributed by atoms with Crippen molar-refractivity contribution in [3.05, 3.63) is 66.4 Å². The van der Waals surface area contributed by atoms with E-state index in [1.165, 1.54) is 6.21 Å². The van der Waals surface area contributed by atoms with E-state index < -0.39 is 0 Å². The van der Waals surface area contributed by atoms with Crippen LogP contribution in [0.25, 0.3) is 10.9 Å². The molecule has 0 aliphatic heterocycles. The van der Waals surface area contributed by atoms with Crippen molar-refractivity contribution in [1.82, 2.24) is 9.99 Å². The van der Waals surface area contributed by atoms with Gasteiger partial charge in [-0.15, -0.1) is 0 Å². The average Bonchev–Trinajstić information content (AvgIpc) is 2.92. The van der Waals surface area contributed by atoms with E-state index in [-0.39, 0.29) is 18.2 Å². The Morgan fingerprint density at radius 2 is 1.91 bits per heavy atom. The maximum atomic E-state index is 11.9. The van der Waals surface area contributed by atoms with Crippen molar-refractivity contribution in [2.45, 2.75) is 6.54 Å². The van der Waals surface area contributed by atoms with Crippen LogP contribution < -0.4 is 5.43 Å². The molecule has 3 aromatic rings. The van der Waals surface area contributed by atoms with E-state index in [0.717, 1.165) is 10.9 Å². The van der Waals surface area contributed by atoms with Crippen molar-refractivity contribution in [3.8, 4) is 5.75 Å². The van der Waals surface area contributed by atoms with Gasteiger partial charge in [-0.3, -0.25) is 4.79 Å². The molecule has 0 aliphatic rings. The Morgan fingerprint density at radius 3 is 2.77 bits per heavy atom. The summed E-state index contributed by atoms with van der Waals surface area (Å²) in [6.07, 6.45) is 3.29. The molecule has 0 unspecified atom stereocenters. The standard InChI is InChI=1S/C17H15N3O2/c21-16-8-4-2-6-14(16)11-18-19-17(22)12-20-10-9-13-5-1-3-7-15(13)20/h1-11,21H,12H2,(H,19,22)/b18-11+. The van der Waals surface area contributed by atoms with Gasteiger partial charge in [0.25, 0.3) is 5.91 Å². The molecular weight excluding hydrogens is 278 g/mol. The second kappa shape index (κ2) is 6.13. The quantitative estimate of drug-likeness (QED) is 0.573. The average molecular weight is 293 g/mol. The lowest BCUT2D eigenvalue weighted by molar-refractivity contribution is -0.121. The Labute approximate surface area is 127 Å². The number of rotatable bonds is 4. The summed E-state index contributed by atoms with van der Waals surface area (Å²) in [5.41, 5.74) is 4.01. The number of nitrogens with one attached hydrogen (secondary N) is 1. The molecule has 5 heteroatoms. The van der Waals surface area contributed by atoms with Gasteiger partial charge in [0, 0.05) is 17.3 Å². The number of hydrazone groups is 1. The fourth-order valence-electron chi connectivity index (χ4n) is 2.24. The van der Waals surface area contributed by atoms with E-state index in [2.05, 4.69) is 10.5 Å². The third-order valence-electron chi connectivity index (χ3n) is 3.32. The van der Waals surface area contributed by atoms with Crippen LogP contribution >= 0.6 is 0 Å². The van der Waals surface area contributed by atoms with E-state index in [1.807, 2.05) is 41.1 Å². The summed E-state index contributed by atoms with van der Waals surface area (Å²) in [5, 5.41) is 14.5. The maximum absolute atomic E-state index is 11.9. The second-order valence-corrected chi connectivity index (χ2v) is 4.85. The fraction of sp³-hybridized carbons (Fsp3) is 0.0588. The molecular formula is C17H15N3O2. The van der Waals surface area contributed by atoms with E-state index in [9.17, 15) is 9.90 Å². The molecule has 0 spiro atoms. The minimum atomic E-state index is -0.229. The molecule has 1 heterocycles. The molecule has 1 aromatic heterocycles. The molecule has 0 saturated carbocycles. The molecule has 0 atom stereocenters. The number of hydrogen-bond acceptors (Lipinski definition) is 3. The Morgan fingerprint density at radius 1 is 1.14 bits per heavy atom. The number of phenols is 1. The third-order valence-corrected chi connectivity index (χ3v) is 3.32. The smallest absolute Gasteiger partial charge is 0.259 e. The predicted octanol–water partition coefficient (Wildman–Crippen LogP) is 2.50. The van der Waals surface area contributed by atoms with Crippen molar-refractivity contribution in [2.24, 2.45) is 5.10 Å². The zero-order valence-corrected chi connectivity index (χ0v) is 11.8. The first kappa shape index (κ1) is 13.9. The summed E-state index contributed by atoms with van der Waals surface area (Å²) in [6.45, 7) is 0.186. The van der Waals surface area contributed by atoms with Crippen molar-refractivity contribution >= 4 is 23.0 Å². The summed E-state index contributed by atoms with van der Waals surface area (Å²) < 4.78 is 1.86. The van der Waals surface area contributed by atoms with Crippen LogP contribution in [0.3, 0.4) is 0 Å². The normalized spacial score (nSPS) is 11.1. The Bertz CT molecular complexity index is 837. The SMILES string of the molecule is O=C(Cn1ccc2ccccc21)N/N=C/c1ccccc1O. The van der Waals surface area contributed by atoms with Gasteiger partial charge in [0.15, 0.2) is 0 Å². The van der Waals surface area contributed by atoms with Crippen molar-refractivity contribution in [1.29, 1.82) is 0 Å². The zero-order valence-electron chi connectivity index (χ0n) is 11.8. The maximum Gasteiger partial charge on any atom is 0.259 e. The van der Waals surface area contributed by atoms with Crippen molar-refractivity contribution < 1.29 is 9.90 Å². The number of amides is 1. The number of hydrogen-bond donors (Lipinski definition) is 2. The van der Waals surface area contributed by atoms with Gasteiger partial charge in [-0.2, -0.15) is 5.10 Å². The molecule has 2 aromatic carbocycles. The van der Waals surface area contributed by atoms with Crippen LogP contribution in [0.15, 0.2) is 65.9 Å². The minimum Gasteiger partial charge on any atom is -0.507 e. The molecule has 110 valence electrons. The number of para-hydroxylation sites is 2. The van der Waals surface area contributed by atoms with Crippen LogP contribution in [0, 0.1) is 0 Å². The number of aromatic hydroxyl groups is 1. The lowest BCUT2D eigenvalue weighted by Crippen LogP contribution is -2.22. The third kappa shape index (κ3) is 2.98. The number of fused-ring (bicyclic) bond motifs is 1. The van der Waals surface area contributed by atoms with Crippen molar-refractivity contribution in [2.75, 3.05) is 0 Å². The molecule has 3 rings (SSSR count). The molecule has 0 aliphatic carbocycles. The predicted molar refractivity (Wildman–Crippen MR) is 85.8 cm³/mol. The Kier molecular flexibility index (Phi) is 3.87. The highest BCUT2D eigenvalue weighted by molar-refractivity contribution is 5.86. The first-order chi connectivity index (χ1) is 10.7. The Balaban J connectivity index is 1.65. The number of nitrogens with zero attached hydrogens (tertiary/aromatic N) is 2. The molecule has 0 bridgehead atoms. The van der Waals surface area contributed by atoms with Crippen molar-refractivity contribution in [3.63, 3.8) is 0 Å². The number of phenolic OH excluding ortho intramolecular Hbond substituents is 1. The molecule has 22 heavy (non-hydrogen) atoms. The highest BCUT2D eigenvalue weighted by Gasteiger charge is 2.05. The summed E-state index contributed by atoms with van der Waals surface area (Å²) >= 11 is 0. The van der Waals surface area contributed by atoms with Crippen LogP contribution in [0.5, 0.6) is 5.75 Å². The van der Waals surface area contributed by atoms with E-state index in [1.54, 1.807) is 24.3 Å². The number of carbonyl (C=O) groups is 1. The van der Waals surface area contributed by atoms with Gasteiger partial charge in [0.2, 0.25) is 0 Å². The number of carbonyl (C=O) groups excluding carboxylic acids is 1. The molecule has 0 fully saturated rings. The first-order valence-electron chi connectivity index (χ1n) is 6.88. The van der Waals surface area contributed by atoms with Gasteiger partial charge in [-0.05, 0) is 29.7 Å². The van der Waals surface area contributed by atoms with E-state index in [0.29, 0.717) is 5.56 Å². The summed E-state index contributed by atoms with van der Waals surface area (Å²) in [5.74, 6) is -0.107. The number of aromatic nitrogens is 1. The van der Waals surface area contributed by atoms with Gasteiger partial charge < -0.3 is 9.67 Å². The lowest BCUT2D eigenvalue weighted by atomic mass is 10.2. The van der Waals surface area contributed by atoms with Crippen LogP contribution in [-0.2, 0) is 11.3 Å². The van der Waals surface area contributed by atoms with E-state index >= 15 is 0 Å². The minimum absolute atomic E-state index is 0.122. The highest BCUT2D eigenvalue weighted by atomic mass is 16.3. The highest BCUT2D eigenvalue weighted by Crippen LogP contribution is 2.15. The molecule has 1 amide bonds. The largest absolute Gasteiger partial charge is 0.507 e. The van der Waals surface area contributed by atoms with E-state index in [4.69, 9.17) is 0 Å². The van der Waals surface area contributed by atoms with Gasteiger partial charge in [-0.1, -0.05) is 30.3 Å². The second-order valence-electron chi connectivity index (χ2n) is 4.85. The van der Waals surface area contributed by atoms with Gasteiger partial charge in [0.1, 0.15) is 12.3 Å². The fourth-order valence-corrected chi connectivity index (χ4v) is 2.24. The lowest BCUT2D eigenvalue weighted by Gasteiger charge is -2.04. The van der Waals surface area contributed by atoms with Crippen LogP contribution in [-0.4, -0.2) is 21.8 Å². The van der Waals surface area contributed by atoms with Gasteiger partial charge >= 0.3 is 0 Å². The summed E-state index contributed by atoms with van der Waals surface area (Å²) in [4.78, 5) is 11.9.